The Balaban J connectivity index is 3.44. The van der Waals surface area contributed by atoms with E-state index in [4.69, 9.17) is 9.47 Å². The quantitative estimate of drug-likeness (QED) is 0.791. The van der Waals surface area contributed by atoms with E-state index in [-0.39, 0.29) is 22.8 Å². The van der Waals surface area contributed by atoms with Crippen LogP contribution in [0, 0.1) is 6.92 Å². The molecule has 88 valence electrons. The minimum absolute atomic E-state index is 0.123. The summed E-state index contributed by atoms with van der Waals surface area (Å²) in [6.07, 6.45) is 0. The lowest BCUT2D eigenvalue weighted by atomic mass is 10.1. The van der Waals surface area contributed by atoms with Crippen molar-refractivity contribution < 1.29 is 24.1 Å². The summed E-state index contributed by atoms with van der Waals surface area (Å²) in [6, 6.07) is 1.47. The van der Waals surface area contributed by atoms with Crippen LogP contribution in [0.1, 0.15) is 15.9 Å². The summed E-state index contributed by atoms with van der Waals surface area (Å²) in [5.41, 5.74) is 0.641. The summed E-state index contributed by atoms with van der Waals surface area (Å²) in [5, 5.41) is 9.82. The maximum Gasteiger partial charge on any atom is 0.338 e. The highest BCUT2D eigenvalue weighted by Crippen LogP contribution is 2.40. The molecule has 16 heavy (non-hydrogen) atoms. The lowest BCUT2D eigenvalue weighted by Crippen LogP contribution is -2.05. The van der Waals surface area contributed by atoms with Crippen LogP contribution in [-0.2, 0) is 4.74 Å². The van der Waals surface area contributed by atoms with Crippen molar-refractivity contribution in [2.24, 2.45) is 0 Å². The number of methoxy groups -OCH3 is 3. The molecular formula is C11H14O5. The molecule has 0 saturated heterocycles. The van der Waals surface area contributed by atoms with Gasteiger partial charge in [0, 0.05) is 5.56 Å². The second-order valence-electron chi connectivity index (χ2n) is 3.12. The molecule has 0 amide bonds. The Morgan fingerprint density at radius 2 is 1.88 bits per heavy atom. The number of rotatable bonds is 3. The third-order valence-electron chi connectivity index (χ3n) is 2.30. The Hall–Kier alpha value is -1.91. The van der Waals surface area contributed by atoms with Gasteiger partial charge in [-0.1, -0.05) is 0 Å². The zero-order valence-electron chi connectivity index (χ0n) is 9.66. The normalized spacial score (nSPS) is 9.75. The highest BCUT2D eigenvalue weighted by atomic mass is 16.5. The second-order valence-corrected chi connectivity index (χ2v) is 3.12. The maximum atomic E-state index is 11.4. The summed E-state index contributed by atoms with van der Waals surface area (Å²) in [5.74, 6) is -0.172. The van der Waals surface area contributed by atoms with Gasteiger partial charge in [0.15, 0.2) is 11.5 Å². The predicted molar refractivity (Wildman–Crippen MR) is 57.3 cm³/mol. The molecular weight excluding hydrogens is 212 g/mol. The summed E-state index contributed by atoms with van der Waals surface area (Å²) in [6.45, 7) is 1.60. The molecule has 0 spiro atoms. The van der Waals surface area contributed by atoms with E-state index in [0.29, 0.717) is 5.56 Å². The van der Waals surface area contributed by atoms with E-state index in [1.54, 1.807) is 6.92 Å². The fraction of sp³-hybridized carbons (Fsp3) is 0.364. The van der Waals surface area contributed by atoms with Crippen LogP contribution in [0.2, 0.25) is 0 Å². The number of hydrogen-bond donors (Lipinski definition) is 1. The van der Waals surface area contributed by atoms with Crippen LogP contribution in [0.4, 0.5) is 0 Å². The Morgan fingerprint density at radius 3 is 2.31 bits per heavy atom. The van der Waals surface area contributed by atoms with Gasteiger partial charge in [-0.25, -0.2) is 4.79 Å². The smallest absolute Gasteiger partial charge is 0.338 e. The summed E-state index contributed by atoms with van der Waals surface area (Å²) >= 11 is 0. The molecule has 0 saturated carbocycles. The third kappa shape index (κ3) is 1.88. The molecule has 1 rings (SSSR count). The number of phenolic OH excluding ortho intramolecular Hbond substituents is 1. The van der Waals surface area contributed by atoms with Gasteiger partial charge in [-0.05, 0) is 13.0 Å². The number of ether oxygens (including phenoxy) is 3. The molecule has 5 nitrogen and oxygen atoms in total. The van der Waals surface area contributed by atoms with Crippen molar-refractivity contribution >= 4 is 5.97 Å². The van der Waals surface area contributed by atoms with E-state index < -0.39 is 5.97 Å². The minimum Gasteiger partial charge on any atom is -0.504 e. The number of carbonyl (C=O) groups excluding carboxylic acids is 1. The van der Waals surface area contributed by atoms with Crippen molar-refractivity contribution in [3.05, 3.63) is 17.2 Å². The number of hydrogen-bond acceptors (Lipinski definition) is 5. The summed E-state index contributed by atoms with van der Waals surface area (Å²) in [7, 11) is 4.11. The SMILES string of the molecule is COC(=O)c1cc(OC)c(OC)c(O)c1C. The number of aromatic hydroxyl groups is 1. The molecule has 0 aliphatic carbocycles. The largest absolute Gasteiger partial charge is 0.504 e. The molecule has 0 fully saturated rings. The molecule has 0 atom stereocenters. The Morgan fingerprint density at radius 1 is 1.25 bits per heavy atom. The molecule has 0 aliphatic rings. The van der Waals surface area contributed by atoms with Crippen molar-refractivity contribution in [3.8, 4) is 17.2 Å². The fourth-order valence-electron chi connectivity index (χ4n) is 1.39. The zero-order chi connectivity index (χ0) is 12.3. The Bertz CT molecular complexity index is 411. The van der Waals surface area contributed by atoms with Crippen LogP contribution in [0.3, 0.4) is 0 Å². The third-order valence-corrected chi connectivity index (χ3v) is 2.30. The number of carbonyl (C=O) groups is 1. The van der Waals surface area contributed by atoms with E-state index >= 15 is 0 Å². The van der Waals surface area contributed by atoms with Crippen molar-refractivity contribution in [1.82, 2.24) is 0 Å². The maximum absolute atomic E-state index is 11.4. The van der Waals surface area contributed by atoms with Crippen molar-refractivity contribution in [2.45, 2.75) is 6.92 Å². The van der Waals surface area contributed by atoms with E-state index in [1.165, 1.54) is 27.4 Å². The van der Waals surface area contributed by atoms with Gasteiger partial charge in [0.25, 0.3) is 0 Å². The van der Waals surface area contributed by atoms with Gasteiger partial charge in [-0.15, -0.1) is 0 Å². The van der Waals surface area contributed by atoms with Gasteiger partial charge in [-0.3, -0.25) is 0 Å². The van der Waals surface area contributed by atoms with E-state index in [1.807, 2.05) is 0 Å². The van der Waals surface area contributed by atoms with Gasteiger partial charge in [-0.2, -0.15) is 0 Å². The fourth-order valence-corrected chi connectivity index (χ4v) is 1.39. The zero-order valence-corrected chi connectivity index (χ0v) is 9.66. The van der Waals surface area contributed by atoms with Crippen molar-refractivity contribution in [1.29, 1.82) is 0 Å². The molecule has 0 heterocycles. The summed E-state index contributed by atoms with van der Waals surface area (Å²) < 4.78 is 14.6. The lowest BCUT2D eigenvalue weighted by Gasteiger charge is -2.13. The number of benzene rings is 1. The Kier molecular flexibility index (Phi) is 3.60. The highest BCUT2D eigenvalue weighted by Gasteiger charge is 2.20. The molecule has 0 unspecified atom stereocenters. The first kappa shape index (κ1) is 12.2. The van der Waals surface area contributed by atoms with Crippen LogP contribution in [0.25, 0.3) is 0 Å². The van der Waals surface area contributed by atoms with Crippen LogP contribution in [-0.4, -0.2) is 32.4 Å². The van der Waals surface area contributed by atoms with Crippen LogP contribution < -0.4 is 9.47 Å². The Labute approximate surface area is 93.6 Å². The van der Waals surface area contributed by atoms with E-state index in [2.05, 4.69) is 4.74 Å². The molecule has 1 aromatic rings. The first-order valence-corrected chi connectivity index (χ1v) is 4.59. The molecule has 5 heteroatoms. The second kappa shape index (κ2) is 4.74. The average Bonchev–Trinajstić information content (AvgIpc) is 2.31. The highest BCUT2D eigenvalue weighted by molar-refractivity contribution is 5.93. The van der Waals surface area contributed by atoms with Gasteiger partial charge < -0.3 is 19.3 Å². The molecule has 0 aromatic heterocycles. The standard InChI is InChI=1S/C11H14O5/c1-6-7(11(13)16-4)5-8(14-2)10(15-3)9(6)12/h5,12H,1-4H3. The number of phenols is 1. The average molecular weight is 226 g/mol. The van der Waals surface area contributed by atoms with Crippen molar-refractivity contribution in [3.63, 3.8) is 0 Å². The summed E-state index contributed by atoms with van der Waals surface area (Å²) in [4.78, 5) is 11.4. The van der Waals surface area contributed by atoms with Gasteiger partial charge in [0.05, 0.1) is 26.9 Å². The molecule has 0 aliphatic heterocycles. The van der Waals surface area contributed by atoms with Crippen LogP contribution >= 0.6 is 0 Å². The topological polar surface area (TPSA) is 65.0 Å². The first-order valence-electron chi connectivity index (χ1n) is 4.59. The van der Waals surface area contributed by atoms with Gasteiger partial charge in [0.1, 0.15) is 0 Å². The van der Waals surface area contributed by atoms with Crippen molar-refractivity contribution in [2.75, 3.05) is 21.3 Å². The monoisotopic (exact) mass is 226 g/mol. The predicted octanol–water partition coefficient (Wildman–Crippen LogP) is 1.50. The first-order chi connectivity index (χ1) is 7.56. The number of esters is 1. The van der Waals surface area contributed by atoms with E-state index in [0.717, 1.165) is 0 Å². The van der Waals surface area contributed by atoms with Crippen LogP contribution in [0.5, 0.6) is 17.2 Å². The molecule has 0 radical (unpaired) electrons. The van der Waals surface area contributed by atoms with Crippen LogP contribution in [0.15, 0.2) is 6.07 Å². The molecule has 0 bridgehead atoms. The van der Waals surface area contributed by atoms with Gasteiger partial charge >= 0.3 is 5.97 Å². The molecule has 1 aromatic carbocycles. The van der Waals surface area contributed by atoms with Gasteiger partial charge in [0.2, 0.25) is 5.75 Å². The minimum atomic E-state index is -0.534. The molecule has 1 N–H and O–H groups in total. The van der Waals surface area contributed by atoms with E-state index in [9.17, 15) is 9.90 Å². The lowest BCUT2D eigenvalue weighted by molar-refractivity contribution is 0.0599.